The highest BCUT2D eigenvalue weighted by Crippen LogP contribution is 2.30. The zero-order valence-electron chi connectivity index (χ0n) is 17.8. The molecule has 2 heterocycles. The van der Waals surface area contributed by atoms with Gasteiger partial charge >= 0.3 is 5.97 Å². The quantitative estimate of drug-likeness (QED) is 0.584. The Morgan fingerprint density at radius 1 is 1.18 bits per heavy atom. The molecule has 8 nitrogen and oxygen atoms in total. The number of oxime groups is 1. The van der Waals surface area contributed by atoms with Gasteiger partial charge < -0.3 is 14.9 Å². The normalized spacial score (nSPS) is 15.5. The highest BCUT2D eigenvalue weighted by molar-refractivity contribution is 6.06. The molecule has 0 aliphatic carbocycles. The Labute approximate surface area is 190 Å². The van der Waals surface area contributed by atoms with Crippen molar-refractivity contribution in [3.05, 3.63) is 95.3 Å². The molecule has 1 amide bonds. The highest BCUT2D eigenvalue weighted by atomic mass is 16.6. The minimum Gasteiger partial charge on any atom is -0.453 e. The summed E-state index contributed by atoms with van der Waals surface area (Å²) >= 11 is 0. The van der Waals surface area contributed by atoms with Crippen LogP contribution in [0.1, 0.15) is 41.7 Å². The number of hydrogen-bond acceptors (Lipinski definition) is 7. The van der Waals surface area contributed by atoms with Crippen LogP contribution in [0.2, 0.25) is 0 Å². The summed E-state index contributed by atoms with van der Waals surface area (Å²) in [4.78, 5) is 33.7. The zero-order chi connectivity index (χ0) is 23.2. The van der Waals surface area contributed by atoms with E-state index in [4.69, 9.17) is 9.57 Å². The number of esters is 1. The first-order valence-corrected chi connectivity index (χ1v) is 10.3. The summed E-state index contributed by atoms with van der Waals surface area (Å²) in [5, 5.41) is 16.5. The first-order valence-electron chi connectivity index (χ1n) is 10.3. The van der Waals surface area contributed by atoms with Crippen LogP contribution < -0.4 is 5.32 Å². The molecule has 0 radical (unpaired) electrons. The fourth-order valence-electron chi connectivity index (χ4n) is 3.51. The number of rotatable bonds is 6. The lowest BCUT2D eigenvalue weighted by atomic mass is 9.96. The Morgan fingerprint density at radius 2 is 2.00 bits per heavy atom. The topological polar surface area (TPSA) is 114 Å². The van der Waals surface area contributed by atoms with Crippen molar-refractivity contribution in [1.29, 1.82) is 5.26 Å². The van der Waals surface area contributed by atoms with Gasteiger partial charge in [0.25, 0.3) is 5.91 Å². The third-order valence-electron chi connectivity index (χ3n) is 5.07. The summed E-state index contributed by atoms with van der Waals surface area (Å²) in [5.41, 5.74) is 3.40. The molecular weight excluding hydrogens is 420 g/mol. The van der Waals surface area contributed by atoms with E-state index < -0.39 is 18.2 Å². The predicted molar refractivity (Wildman–Crippen MR) is 120 cm³/mol. The summed E-state index contributed by atoms with van der Waals surface area (Å²) in [6.45, 7) is 1.32. The lowest BCUT2D eigenvalue weighted by Gasteiger charge is -2.20. The molecule has 0 saturated carbocycles. The largest absolute Gasteiger partial charge is 0.453 e. The van der Waals surface area contributed by atoms with Crippen LogP contribution in [0.25, 0.3) is 0 Å². The first kappa shape index (κ1) is 21.7. The Morgan fingerprint density at radius 3 is 2.70 bits per heavy atom. The molecule has 0 spiro atoms. The van der Waals surface area contributed by atoms with Crippen LogP contribution in [0.3, 0.4) is 0 Å². The number of aromatic nitrogens is 1. The van der Waals surface area contributed by atoms with Crippen molar-refractivity contribution in [2.75, 3.05) is 5.32 Å². The smallest absolute Gasteiger partial charge is 0.303 e. The van der Waals surface area contributed by atoms with Crippen molar-refractivity contribution in [3.63, 3.8) is 0 Å². The molecule has 1 aliphatic rings. The lowest BCUT2D eigenvalue weighted by molar-refractivity contribution is -0.144. The Bertz CT molecular complexity index is 1240. The van der Waals surface area contributed by atoms with Crippen molar-refractivity contribution in [1.82, 2.24) is 4.98 Å². The fourth-order valence-corrected chi connectivity index (χ4v) is 3.51. The van der Waals surface area contributed by atoms with Gasteiger partial charge in [-0.05, 0) is 29.8 Å². The van der Waals surface area contributed by atoms with Gasteiger partial charge in [-0.1, -0.05) is 41.6 Å². The van der Waals surface area contributed by atoms with Gasteiger partial charge in [-0.15, -0.1) is 0 Å². The second-order valence-electron chi connectivity index (χ2n) is 7.38. The molecule has 2 unspecified atom stereocenters. The maximum Gasteiger partial charge on any atom is 0.303 e. The maximum atomic E-state index is 12.7. The lowest BCUT2D eigenvalue weighted by Crippen LogP contribution is -2.28. The van der Waals surface area contributed by atoms with Gasteiger partial charge in [-0.25, -0.2) is 0 Å². The number of benzene rings is 2. The van der Waals surface area contributed by atoms with Crippen LogP contribution in [-0.4, -0.2) is 28.7 Å². The van der Waals surface area contributed by atoms with Crippen molar-refractivity contribution >= 4 is 23.3 Å². The molecule has 2 atom stereocenters. The second-order valence-corrected chi connectivity index (χ2v) is 7.38. The van der Waals surface area contributed by atoms with E-state index in [1.807, 2.05) is 36.4 Å². The van der Waals surface area contributed by atoms with Crippen LogP contribution in [0.5, 0.6) is 0 Å². The minimum absolute atomic E-state index is 0.280. The van der Waals surface area contributed by atoms with Gasteiger partial charge in [-0.3, -0.25) is 14.6 Å². The van der Waals surface area contributed by atoms with Crippen LogP contribution in [-0.2, 0) is 19.2 Å². The zero-order valence-corrected chi connectivity index (χ0v) is 17.8. The SMILES string of the molecule is CC(=O)OC(c1ccccc1)c1ccc(NC(=O)C2CC(c3cccnc3)=NO2)cc1C#N. The molecule has 8 heteroatoms. The van der Waals surface area contributed by atoms with Gasteiger partial charge in [0, 0.05) is 42.6 Å². The van der Waals surface area contributed by atoms with E-state index in [9.17, 15) is 14.9 Å². The number of nitriles is 1. The van der Waals surface area contributed by atoms with Crippen LogP contribution in [0, 0.1) is 11.3 Å². The number of pyridine rings is 1. The van der Waals surface area contributed by atoms with Crippen LogP contribution in [0.4, 0.5) is 5.69 Å². The maximum absolute atomic E-state index is 12.7. The van der Waals surface area contributed by atoms with Crippen molar-refractivity contribution < 1.29 is 19.2 Å². The average Bonchev–Trinajstić information content (AvgIpc) is 3.34. The highest BCUT2D eigenvalue weighted by Gasteiger charge is 2.29. The molecule has 2 aromatic carbocycles. The summed E-state index contributed by atoms with van der Waals surface area (Å²) in [6, 6.07) is 19.8. The Kier molecular flexibility index (Phi) is 6.41. The number of anilines is 1. The number of nitrogens with one attached hydrogen (secondary N) is 1. The summed E-state index contributed by atoms with van der Waals surface area (Å²) in [6.07, 6.45) is 2.10. The number of nitrogens with zero attached hydrogens (tertiary/aromatic N) is 3. The van der Waals surface area contributed by atoms with Crippen molar-refractivity contribution in [2.45, 2.75) is 25.6 Å². The molecule has 0 fully saturated rings. The fraction of sp³-hybridized carbons (Fsp3) is 0.160. The first-order chi connectivity index (χ1) is 16.0. The van der Waals surface area contributed by atoms with E-state index in [0.29, 0.717) is 23.4 Å². The monoisotopic (exact) mass is 440 g/mol. The third kappa shape index (κ3) is 5.05. The van der Waals surface area contributed by atoms with Gasteiger partial charge in [0.2, 0.25) is 6.10 Å². The number of hydrogen-bond donors (Lipinski definition) is 1. The molecule has 164 valence electrons. The minimum atomic E-state index is -0.788. The Balaban J connectivity index is 1.50. The Hall–Kier alpha value is -4.51. The third-order valence-corrected chi connectivity index (χ3v) is 5.07. The predicted octanol–water partition coefficient (Wildman–Crippen LogP) is 3.74. The molecule has 0 saturated heterocycles. The summed E-state index contributed by atoms with van der Waals surface area (Å²) in [7, 11) is 0. The van der Waals surface area contributed by atoms with E-state index in [-0.39, 0.29) is 11.5 Å². The van der Waals surface area contributed by atoms with E-state index in [0.717, 1.165) is 11.1 Å². The number of ether oxygens (including phenoxy) is 1. The number of amides is 1. The molecule has 33 heavy (non-hydrogen) atoms. The number of carbonyl (C=O) groups is 2. The average molecular weight is 440 g/mol. The van der Waals surface area contributed by atoms with Crippen LogP contribution >= 0.6 is 0 Å². The van der Waals surface area contributed by atoms with Gasteiger partial charge in [0.15, 0.2) is 6.10 Å². The molecule has 3 aromatic rings. The van der Waals surface area contributed by atoms with E-state index in [1.165, 1.54) is 6.92 Å². The molecule has 4 rings (SSSR count). The van der Waals surface area contributed by atoms with Gasteiger partial charge in [-0.2, -0.15) is 5.26 Å². The van der Waals surface area contributed by atoms with Gasteiger partial charge in [0.05, 0.1) is 17.3 Å². The van der Waals surface area contributed by atoms with Gasteiger partial charge in [0.1, 0.15) is 0 Å². The number of carbonyl (C=O) groups excluding carboxylic acids is 2. The van der Waals surface area contributed by atoms with E-state index in [2.05, 4.69) is 21.5 Å². The molecule has 1 N–H and O–H groups in total. The molecule has 0 bridgehead atoms. The van der Waals surface area contributed by atoms with Crippen molar-refractivity contribution in [3.8, 4) is 6.07 Å². The summed E-state index contributed by atoms with van der Waals surface area (Å²) < 4.78 is 5.50. The van der Waals surface area contributed by atoms with E-state index >= 15 is 0 Å². The molecule has 1 aromatic heterocycles. The second kappa shape index (κ2) is 9.75. The van der Waals surface area contributed by atoms with Crippen LogP contribution in [0.15, 0.2) is 78.2 Å². The van der Waals surface area contributed by atoms with Crippen molar-refractivity contribution in [2.24, 2.45) is 5.16 Å². The molecule has 1 aliphatic heterocycles. The summed E-state index contributed by atoms with van der Waals surface area (Å²) in [5.74, 6) is -0.846. The standard InChI is InChI=1S/C25H20N4O4/c1-16(30)32-24(17-6-3-2-4-7-17)21-10-9-20(12-19(21)14-26)28-25(31)23-13-22(29-33-23)18-8-5-11-27-15-18/h2-12,15,23-24H,13H2,1H3,(H,28,31). The van der Waals surface area contributed by atoms with E-state index in [1.54, 1.807) is 36.7 Å². The molecular formula is C25H20N4O4.